The fraction of sp³-hybridized carbons (Fsp3) is 0.333. The summed E-state index contributed by atoms with van der Waals surface area (Å²) in [6.45, 7) is 1.71. The first-order valence-corrected chi connectivity index (χ1v) is 6.38. The molecule has 7 heteroatoms. The van der Waals surface area contributed by atoms with Crippen LogP contribution in [0, 0.1) is 6.92 Å². The molecule has 1 aromatic carbocycles. The Morgan fingerprint density at radius 2 is 2.06 bits per heavy atom. The minimum atomic E-state index is -4.41. The Hall–Kier alpha value is -0.580. The SMILES string of the molecule is Cc1ccc(Cl)cc1OCCOP(=O)(O)O. The number of halogens is 1. The molecule has 16 heavy (non-hydrogen) atoms. The summed E-state index contributed by atoms with van der Waals surface area (Å²) in [5.74, 6) is 0.571. The predicted octanol–water partition coefficient (Wildman–Crippen LogP) is 2.14. The smallest absolute Gasteiger partial charge is 0.469 e. The standard InChI is InChI=1S/C9H12ClO5P/c1-7-2-3-8(10)6-9(7)14-4-5-15-16(11,12)13/h2-3,6H,4-5H2,1H3,(H2,11,12,13). The van der Waals surface area contributed by atoms with E-state index in [0.29, 0.717) is 10.8 Å². The van der Waals surface area contributed by atoms with Crippen LogP contribution in [-0.2, 0) is 9.09 Å². The Balaban J connectivity index is 2.43. The summed E-state index contributed by atoms with van der Waals surface area (Å²) in [5.41, 5.74) is 0.889. The highest BCUT2D eigenvalue weighted by atomic mass is 35.5. The van der Waals surface area contributed by atoms with Crippen LogP contribution in [0.3, 0.4) is 0 Å². The van der Waals surface area contributed by atoms with Gasteiger partial charge in [0.25, 0.3) is 0 Å². The molecule has 1 aromatic rings. The first-order valence-electron chi connectivity index (χ1n) is 4.47. The van der Waals surface area contributed by atoms with E-state index in [1.807, 2.05) is 6.92 Å². The van der Waals surface area contributed by atoms with Gasteiger partial charge in [-0.1, -0.05) is 17.7 Å². The Kier molecular flexibility index (Phi) is 4.77. The Labute approximate surface area is 98.2 Å². The van der Waals surface area contributed by atoms with Crippen molar-refractivity contribution in [1.29, 1.82) is 0 Å². The van der Waals surface area contributed by atoms with E-state index < -0.39 is 7.82 Å². The predicted molar refractivity (Wildman–Crippen MR) is 59.7 cm³/mol. The number of ether oxygens (including phenoxy) is 1. The van der Waals surface area contributed by atoms with Crippen LogP contribution < -0.4 is 4.74 Å². The minimum absolute atomic E-state index is 0.0479. The zero-order valence-electron chi connectivity index (χ0n) is 8.59. The molecule has 0 radical (unpaired) electrons. The number of hydrogen-bond acceptors (Lipinski definition) is 3. The van der Waals surface area contributed by atoms with Gasteiger partial charge in [0.2, 0.25) is 0 Å². The molecule has 0 saturated heterocycles. The maximum atomic E-state index is 10.4. The average Bonchev–Trinajstić information content (AvgIpc) is 2.16. The van der Waals surface area contributed by atoms with Gasteiger partial charge in [0.05, 0.1) is 6.61 Å². The summed E-state index contributed by atoms with van der Waals surface area (Å²) in [6.07, 6.45) is 0. The summed E-state index contributed by atoms with van der Waals surface area (Å²) in [7, 11) is -4.41. The van der Waals surface area contributed by atoms with Crippen LogP contribution in [0.1, 0.15) is 5.56 Å². The molecule has 0 atom stereocenters. The number of aryl methyl sites for hydroxylation is 1. The lowest BCUT2D eigenvalue weighted by atomic mass is 10.2. The fourth-order valence-electron chi connectivity index (χ4n) is 1.04. The zero-order chi connectivity index (χ0) is 12.2. The molecule has 0 bridgehead atoms. The summed E-state index contributed by atoms with van der Waals surface area (Å²) in [6, 6.07) is 5.16. The van der Waals surface area contributed by atoms with Crippen molar-refractivity contribution in [2.24, 2.45) is 0 Å². The molecule has 0 spiro atoms. The van der Waals surface area contributed by atoms with Crippen molar-refractivity contribution in [2.75, 3.05) is 13.2 Å². The van der Waals surface area contributed by atoms with Gasteiger partial charge in [-0.05, 0) is 24.6 Å². The van der Waals surface area contributed by atoms with Gasteiger partial charge in [-0.3, -0.25) is 4.52 Å². The third-order valence-electron chi connectivity index (χ3n) is 1.75. The van der Waals surface area contributed by atoms with Gasteiger partial charge in [0.1, 0.15) is 12.4 Å². The van der Waals surface area contributed by atoms with Crippen molar-refractivity contribution in [3.63, 3.8) is 0 Å². The number of hydrogen-bond donors (Lipinski definition) is 2. The van der Waals surface area contributed by atoms with E-state index in [0.717, 1.165) is 5.56 Å². The lowest BCUT2D eigenvalue weighted by Gasteiger charge is -2.10. The number of phosphoric acid groups is 1. The molecule has 1 rings (SSSR count). The second-order valence-electron chi connectivity index (χ2n) is 3.08. The highest BCUT2D eigenvalue weighted by Crippen LogP contribution is 2.35. The van der Waals surface area contributed by atoms with E-state index in [1.54, 1.807) is 18.2 Å². The van der Waals surface area contributed by atoms with E-state index in [-0.39, 0.29) is 13.2 Å². The fourth-order valence-corrected chi connectivity index (χ4v) is 1.51. The van der Waals surface area contributed by atoms with E-state index >= 15 is 0 Å². The first-order chi connectivity index (χ1) is 7.38. The molecular formula is C9H12ClO5P. The number of phosphoric ester groups is 1. The third-order valence-corrected chi connectivity index (χ3v) is 2.50. The van der Waals surface area contributed by atoms with E-state index in [1.165, 1.54) is 0 Å². The zero-order valence-corrected chi connectivity index (χ0v) is 10.2. The van der Waals surface area contributed by atoms with E-state index in [9.17, 15) is 4.57 Å². The molecule has 0 unspecified atom stereocenters. The lowest BCUT2D eigenvalue weighted by Crippen LogP contribution is -2.06. The molecule has 2 N–H and O–H groups in total. The topological polar surface area (TPSA) is 76.0 Å². The van der Waals surface area contributed by atoms with Crippen LogP contribution in [0.25, 0.3) is 0 Å². The summed E-state index contributed by atoms with van der Waals surface area (Å²) in [5, 5.41) is 0.538. The van der Waals surface area contributed by atoms with Gasteiger partial charge in [-0.2, -0.15) is 0 Å². The molecule has 0 aromatic heterocycles. The minimum Gasteiger partial charge on any atom is -0.491 e. The van der Waals surface area contributed by atoms with Gasteiger partial charge in [-0.15, -0.1) is 0 Å². The summed E-state index contributed by atoms with van der Waals surface area (Å²) in [4.78, 5) is 16.9. The molecule has 0 aliphatic heterocycles. The van der Waals surface area contributed by atoms with E-state index in [4.69, 9.17) is 26.1 Å². The molecule has 5 nitrogen and oxygen atoms in total. The highest BCUT2D eigenvalue weighted by Gasteiger charge is 2.13. The van der Waals surface area contributed by atoms with Crippen LogP contribution in [-0.4, -0.2) is 23.0 Å². The van der Waals surface area contributed by atoms with Crippen molar-refractivity contribution in [3.8, 4) is 5.75 Å². The monoisotopic (exact) mass is 266 g/mol. The molecule has 0 heterocycles. The van der Waals surface area contributed by atoms with Crippen LogP contribution in [0.15, 0.2) is 18.2 Å². The molecular weight excluding hydrogens is 255 g/mol. The Morgan fingerprint density at radius 1 is 1.38 bits per heavy atom. The van der Waals surface area contributed by atoms with Crippen molar-refractivity contribution in [1.82, 2.24) is 0 Å². The maximum Gasteiger partial charge on any atom is 0.469 e. The average molecular weight is 267 g/mol. The summed E-state index contributed by atoms with van der Waals surface area (Å²) < 4.78 is 19.8. The van der Waals surface area contributed by atoms with Gasteiger partial charge in [0.15, 0.2) is 0 Å². The van der Waals surface area contributed by atoms with Crippen LogP contribution in [0.4, 0.5) is 0 Å². The lowest BCUT2D eigenvalue weighted by molar-refractivity contribution is 0.160. The van der Waals surface area contributed by atoms with Crippen molar-refractivity contribution in [2.45, 2.75) is 6.92 Å². The van der Waals surface area contributed by atoms with Gasteiger partial charge in [0, 0.05) is 5.02 Å². The molecule has 0 aliphatic carbocycles. The number of rotatable bonds is 5. The van der Waals surface area contributed by atoms with Gasteiger partial charge >= 0.3 is 7.82 Å². The van der Waals surface area contributed by atoms with Crippen molar-refractivity contribution >= 4 is 19.4 Å². The summed E-state index contributed by atoms with van der Waals surface area (Å²) >= 11 is 5.77. The molecule has 0 fully saturated rings. The van der Waals surface area contributed by atoms with Crippen LogP contribution >= 0.6 is 19.4 Å². The molecule has 90 valence electrons. The van der Waals surface area contributed by atoms with E-state index in [2.05, 4.69) is 4.52 Å². The first kappa shape index (κ1) is 13.5. The molecule has 0 amide bonds. The second kappa shape index (κ2) is 5.66. The number of benzene rings is 1. The van der Waals surface area contributed by atoms with Crippen LogP contribution in [0.5, 0.6) is 5.75 Å². The van der Waals surface area contributed by atoms with Crippen molar-refractivity contribution < 1.29 is 23.6 Å². The van der Waals surface area contributed by atoms with Gasteiger partial charge in [-0.25, -0.2) is 4.57 Å². The van der Waals surface area contributed by atoms with Crippen molar-refractivity contribution in [3.05, 3.63) is 28.8 Å². The Morgan fingerprint density at radius 3 is 2.69 bits per heavy atom. The largest absolute Gasteiger partial charge is 0.491 e. The Bertz CT molecular complexity index is 403. The normalized spacial score (nSPS) is 11.5. The third kappa shape index (κ3) is 4.96. The second-order valence-corrected chi connectivity index (χ2v) is 4.76. The maximum absolute atomic E-state index is 10.4. The molecule has 0 saturated carbocycles. The highest BCUT2D eigenvalue weighted by molar-refractivity contribution is 7.46. The van der Waals surface area contributed by atoms with Gasteiger partial charge < -0.3 is 14.5 Å². The van der Waals surface area contributed by atoms with Crippen LogP contribution in [0.2, 0.25) is 5.02 Å². The molecule has 0 aliphatic rings. The quantitative estimate of drug-likeness (QED) is 0.631.